The van der Waals surface area contributed by atoms with Crippen LogP contribution in [-0.2, 0) is 16.0 Å². The number of methoxy groups -OCH3 is 1. The molecule has 1 aromatic heterocycles. The van der Waals surface area contributed by atoms with Crippen LogP contribution in [0.2, 0.25) is 0 Å². The SMILES string of the molecule is CCCNC(=O)C(C)(C)COc1cccc2nc(CC)c(C(=O)OC)c(N)c12. The summed E-state index contributed by atoms with van der Waals surface area (Å²) < 4.78 is 10.9. The monoisotopic (exact) mass is 387 g/mol. The molecule has 0 saturated heterocycles. The van der Waals surface area contributed by atoms with E-state index in [0.717, 1.165) is 6.42 Å². The Labute approximate surface area is 165 Å². The molecule has 7 heteroatoms. The number of nitrogens with one attached hydrogen (secondary N) is 1. The fourth-order valence-corrected chi connectivity index (χ4v) is 2.87. The summed E-state index contributed by atoms with van der Waals surface area (Å²) in [4.78, 5) is 29.2. The number of carbonyl (C=O) groups excluding carboxylic acids is 2. The van der Waals surface area contributed by atoms with Gasteiger partial charge < -0.3 is 20.5 Å². The molecule has 0 spiro atoms. The first-order valence-electron chi connectivity index (χ1n) is 9.47. The van der Waals surface area contributed by atoms with Crippen molar-refractivity contribution < 1.29 is 19.1 Å². The number of carbonyl (C=O) groups is 2. The van der Waals surface area contributed by atoms with E-state index in [9.17, 15) is 9.59 Å². The lowest BCUT2D eigenvalue weighted by atomic mass is 9.93. The van der Waals surface area contributed by atoms with E-state index in [4.69, 9.17) is 15.2 Å². The van der Waals surface area contributed by atoms with Crippen LogP contribution >= 0.6 is 0 Å². The number of aromatic nitrogens is 1. The van der Waals surface area contributed by atoms with Gasteiger partial charge in [0.15, 0.2) is 0 Å². The number of amides is 1. The molecule has 28 heavy (non-hydrogen) atoms. The molecule has 1 aromatic carbocycles. The van der Waals surface area contributed by atoms with Crippen molar-refractivity contribution in [3.63, 3.8) is 0 Å². The molecule has 0 atom stereocenters. The first-order valence-corrected chi connectivity index (χ1v) is 9.47. The highest BCUT2D eigenvalue weighted by Crippen LogP contribution is 2.35. The molecule has 0 radical (unpaired) electrons. The number of anilines is 1. The van der Waals surface area contributed by atoms with E-state index < -0.39 is 11.4 Å². The van der Waals surface area contributed by atoms with Gasteiger partial charge in [-0.25, -0.2) is 4.79 Å². The smallest absolute Gasteiger partial charge is 0.341 e. The summed E-state index contributed by atoms with van der Waals surface area (Å²) in [6, 6.07) is 5.39. The summed E-state index contributed by atoms with van der Waals surface area (Å²) in [5.41, 5.74) is 7.35. The highest BCUT2D eigenvalue weighted by Gasteiger charge is 2.29. The third-order valence-electron chi connectivity index (χ3n) is 4.55. The van der Waals surface area contributed by atoms with Crippen molar-refractivity contribution in [3.8, 4) is 5.75 Å². The van der Waals surface area contributed by atoms with Gasteiger partial charge >= 0.3 is 5.97 Å². The average molecular weight is 387 g/mol. The molecule has 1 amide bonds. The number of nitrogens with zero attached hydrogens (tertiary/aromatic N) is 1. The normalized spacial score (nSPS) is 11.3. The van der Waals surface area contributed by atoms with Crippen molar-refractivity contribution in [1.82, 2.24) is 10.3 Å². The summed E-state index contributed by atoms with van der Waals surface area (Å²) in [5, 5.41) is 3.43. The lowest BCUT2D eigenvalue weighted by Crippen LogP contribution is -2.41. The van der Waals surface area contributed by atoms with Crippen LogP contribution in [0.4, 0.5) is 5.69 Å². The van der Waals surface area contributed by atoms with Gasteiger partial charge in [0.25, 0.3) is 0 Å². The van der Waals surface area contributed by atoms with Crippen molar-refractivity contribution in [2.75, 3.05) is 26.0 Å². The zero-order valence-electron chi connectivity index (χ0n) is 17.2. The minimum absolute atomic E-state index is 0.0794. The Bertz CT molecular complexity index is 878. The highest BCUT2D eigenvalue weighted by molar-refractivity contribution is 6.07. The van der Waals surface area contributed by atoms with Gasteiger partial charge in [-0.05, 0) is 38.8 Å². The number of esters is 1. The number of aryl methyl sites for hydroxylation is 1. The molecule has 2 aromatic rings. The molecule has 0 aliphatic heterocycles. The quantitative estimate of drug-likeness (QED) is 0.675. The zero-order valence-corrected chi connectivity index (χ0v) is 17.2. The number of hydrogen-bond acceptors (Lipinski definition) is 6. The van der Waals surface area contributed by atoms with Crippen molar-refractivity contribution in [3.05, 3.63) is 29.5 Å². The lowest BCUT2D eigenvalue weighted by Gasteiger charge is -2.24. The summed E-state index contributed by atoms with van der Waals surface area (Å²) in [6.45, 7) is 8.32. The van der Waals surface area contributed by atoms with Crippen molar-refractivity contribution in [2.45, 2.75) is 40.5 Å². The first-order chi connectivity index (χ1) is 13.3. The number of ether oxygens (including phenoxy) is 2. The molecule has 3 N–H and O–H groups in total. The maximum absolute atomic E-state index is 12.4. The van der Waals surface area contributed by atoms with Crippen LogP contribution in [0.5, 0.6) is 5.75 Å². The fraction of sp³-hybridized carbons (Fsp3) is 0.476. The van der Waals surface area contributed by atoms with Crippen LogP contribution in [0, 0.1) is 5.41 Å². The average Bonchev–Trinajstić information content (AvgIpc) is 2.69. The maximum atomic E-state index is 12.4. The summed E-state index contributed by atoms with van der Waals surface area (Å²) in [5.74, 6) is -0.131. The number of nitrogens with two attached hydrogens (primary N) is 1. The largest absolute Gasteiger partial charge is 0.492 e. The van der Waals surface area contributed by atoms with Crippen LogP contribution in [0.3, 0.4) is 0 Å². The van der Waals surface area contributed by atoms with Gasteiger partial charge in [-0.15, -0.1) is 0 Å². The fourth-order valence-electron chi connectivity index (χ4n) is 2.87. The third kappa shape index (κ3) is 4.35. The molecule has 0 unspecified atom stereocenters. The van der Waals surface area contributed by atoms with Crippen molar-refractivity contribution >= 4 is 28.5 Å². The Morgan fingerprint density at radius 2 is 1.96 bits per heavy atom. The molecule has 152 valence electrons. The van der Waals surface area contributed by atoms with E-state index in [1.165, 1.54) is 7.11 Å². The zero-order chi connectivity index (χ0) is 20.9. The summed E-state index contributed by atoms with van der Waals surface area (Å²) in [7, 11) is 1.31. The molecular weight excluding hydrogens is 358 g/mol. The second kappa shape index (κ2) is 8.91. The van der Waals surface area contributed by atoms with E-state index in [1.54, 1.807) is 6.07 Å². The second-order valence-corrected chi connectivity index (χ2v) is 7.27. The van der Waals surface area contributed by atoms with Gasteiger partial charge in [0.1, 0.15) is 17.9 Å². The number of fused-ring (bicyclic) bond motifs is 1. The molecule has 7 nitrogen and oxygen atoms in total. The third-order valence-corrected chi connectivity index (χ3v) is 4.55. The summed E-state index contributed by atoms with van der Waals surface area (Å²) >= 11 is 0. The maximum Gasteiger partial charge on any atom is 0.341 e. The lowest BCUT2D eigenvalue weighted by molar-refractivity contribution is -0.130. The molecular formula is C21H29N3O4. The van der Waals surface area contributed by atoms with Gasteiger partial charge in [0.05, 0.1) is 34.8 Å². The van der Waals surface area contributed by atoms with Crippen LogP contribution in [0.15, 0.2) is 18.2 Å². The molecule has 2 rings (SSSR count). The van der Waals surface area contributed by atoms with Gasteiger partial charge in [0.2, 0.25) is 5.91 Å². The highest BCUT2D eigenvalue weighted by atomic mass is 16.5. The van der Waals surface area contributed by atoms with Crippen LogP contribution in [0.25, 0.3) is 10.9 Å². The van der Waals surface area contributed by atoms with E-state index in [-0.39, 0.29) is 23.8 Å². The van der Waals surface area contributed by atoms with Gasteiger partial charge in [0, 0.05) is 6.54 Å². The Morgan fingerprint density at radius 1 is 1.25 bits per heavy atom. The molecule has 0 aliphatic carbocycles. The Balaban J connectivity index is 2.43. The number of hydrogen-bond donors (Lipinski definition) is 2. The second-order valence-electron chi connectivity index (χ2n) is 7.27. The standard InChI is InChI=1S/C21H29N3O4/c1-6-11-23-20(26)21(3,4)12-28-15-10-8-9-14-16(15)18(22)17(19(25)27-5)13(7-2)24-14/h8-10H,6-7,11-12H2,1-5H3,(H2,22,24)(H,23,26). The minimum atomic E-state index is -0.728. The molecule has 0 fully saturated rings. The molecule has 1 heterocycles. The van der Waals surface area contributed by atoms with E-state index in [1.807, 2.05) is 39.8 Å². The number of nitrogen functional groups attached to an aromatic ring is 1. The van der Waals surface area contributed by atoms with E-state index in [2.05, 4.69) is 10.3 Å². The predicted molar refractivity (Wildman–Crippen MR) is 109 cm³/mol. The van der Waals surface area contributed by atoms with Gasteiger partial charge in [-0.1, -0.05) is 19.9 Å². The first kappa shape index (κ1) is 21.5. The van der Waals surface area contributed by atoms with Crippen molar-refractivity contribution in [2.24, 2.45) is 5.41 Å². The number of pyridine rings is 1. The Kier molecular flexibility index (Phi) is 6.83. The number of benzene rings is 1. The van der Waals surface area contributed by atoms with Crippen LogP contribution < -0.4 is 15.8 Å². The Hall–Kier alpha value is -2.83. The van der Waals surface area contributed by atoms with E-state index in [0.29, 0.717) is 35.3 Å². The van der Waals surface area contributed by atoms with E-state index >= 15 is 0 Å². The van der Waals surface area contributed by atoms with Crippen molar-refractivity contribution in [1.29, 1.82) is 0 Å². The van der Waals surface area contributed by atoms with Gasteiger partial charge in [-0.3, -0.25) is 9.78 Å². The topological polar surface area (TPSA) is 104 Å². The molecule has 0 aliphatic rings. The summed E-state index contributed by atoms with van der Waals surface area (Å²) in [6.07, 6.45) is 1.41. The molecule has 0 bridgehead atoms. The van der Waals surface area contributed by atoms with Crippen LogP contribution in [0.1, 0.15) is 50.2 Å². The Morgan fingerprint density at radius 3 is 2.57 bits per heavy atom. The number of rotatable bonds is 8. The van der Waals surface area contributed by atoms with Crippen LogP contribution in [-0.4, -0.2) is 37.1 Å². The molecule has 0 saturated carbocycles. The van der Waals surface area contributed by atoms with Gasteiger partial charge in [-0.2, -0.15) is 0 Å². The minimum Gasteiger partial charge on any atom is -0.492 e. The predicted octanol–water partition coefficient (Wildman–Crippen LogP) is 3.10.